The molecule has 290 valence electrons. The van der Waals surface area contributed by atoms with Crippen LogP contribution in [0.25, 0.3) is 0 Å². The molecule has 0 saturated carbocycles. The molecule has 2 bridgehead atoms. The number of aliphatic hydroxyl groups is 3. The Morgan fingerprint density at radius 3 is 2.16 bits per heavy atom. The van der Waals surface area contributed by atoms with Gasteiger partial charge in [-0.25, -0.2) is 0 Å². The van der Waals surface area contributed by atoms with E-state index in [0.717, 1.165) is 0 Å². The lowest BCUT2D eigenvalue weighted by Gasteiger charge is -2.48. The third-order valence-electron chi connectivity index (χ3n) is 12.1. The van der Waals surface area contributed by atoms with Crippen LogP contribution in [0.15, 0.2) is 0 Å². The highest BCUT2D eigenvalue weighted by molar-refractivity contribution is 5.92. The van der Waals surface area contributed by atoms with Gasteiger partial charge in [0.1, 0.15) is 18.3 Å². The zero-order chi connectivity index (χ0) is 37.7. The first-order chi connectivity index (χ1) is 23.1. The van der Waals surface area contributed by atoms with Crippen LogP contribution < -0.4 is 0 Å². The van der Waals surface area contributed by atoms with Gasteiger partial charge in [-0.2, -0.15) is 0 Å². The normalized spacial score (nSPS) is 51.1. The summed E-state index contributed by atoms with van der Waals surface area (Å²) >= 11 is 0. The highest BCUT2D eigenvalue weighted by Gasteiger charge is 2.58. The Kier molecular flexibility index (Phi) is 13.0. The van der Waals surface area contributed by atoms with Crippen molar-refractivity contribution in [3.63, 3.8) is 0 Å². The average molecular weight is 716 g/mol. The molecule has 13 heteroatoms. The van der Waals surface area contributed by atoms with Crippen molar-refractivity contribution in [3.8, 4) is 0 Å². The van der Waals surface area contributed by atoms with Crippen LogP contribution in [0.2, 0.25) is 0 Å². The third kappa shape index (κ3) is 7.97. The van der Waals surface area contributed by atoms with Crippen LogP contribution in [-0.4, -0.2) is 137 Å². The number of Topliss-reactive ketones (excluding diaryl/α,β-unsaturated/α-hetero) is 1. The van der Waals surface area contributed by atoms with E-state index in [9.17, 15) is 24.9 Å². The predicted octanol–water partition coefficient (Wildman–Crippen LogP) is 2.83. The summed E-state index contributed by atoms with van der Waals surface area (Å²) in [6, 6.07) is -0.267. The van der Waals surface area contributed by atoms with Crippen molar-refractivity contribution in [2.24, 2.45) is 23.7 Å². The van der Waals surface area contributed by atoms with Crippen LogP contribution in [0.1, 0.15) is 94.9 Å². The van der Waals surface area contributed by atoms with E-state index in [1.165, 1.54) is 7.11 Å². The van der Waals surface area contributed by atoms with Gasteiger partial charge in [-0.05, 0) is 80.8 Å². The zero-order valence-corrected chi connectivity index (χ0v) is 32.5. The fourth-order valence-corrected chi connectivity index (χ4v) is 9.01. The average Bonchev–Trinajstić information content (AvgIpc) is 3.28. The lowest BCUT2D eigenvalue weighted by Crippen LogP contribution is -2.60. The number of ketones is 1. The second-order valence-electron chi connectivity index (χ2n) is 16.5. The predicted molar refractivity (Wildman–Crippen MR) is 183 cm³/mol. The largest absolute Gasteiger partial charge is 0.459 e. The van der Waals surface area contributed by atoms with Crippen LogP contribution in [0, 0.1) is 23.7 Å². The minimum Gasteiger partial charge on any atom is -0.459 e. The molecular formula is C37H65NO12. The van der Waals surface area contributed by atoms with Gasteiger partial charge >= 0.3 is 5.97 Å². The first kappa shape index (κ1) is 41.5. The molecule has 0 aromatic rings. The summed E-state index contributed by atoms with van der Waals surface area (Å²) in [7, 11) is 5.29. The lowest BCUT2D eigenvalue weighted by molar-refractivity contribution is -0.318. The van der Waals surface area contributed by atoms with Gasteiger partial charge in [-0.15, -0.1) is 0 Å². The molecule has 0 aromatic heterocycles. The highest BCUT2D eigenvalue weighted by atomic mass is 16.7. The van der Waals surface area contributed by atoms with E-state index in [-0.39, 0.29) is 36.7 Å². The van der Waals surface area contributed by atoms with E-state index in [2.05, 4.69) is 0 Å². The Balaban J connectivity index is 1.82. The van der Waals surface area contributed by atoms with Gasteiger partial charge in [0.05, 0.1) is 47.6 Å². The molecule has 0 amide bonds. The van der Waals surface area contributed by atoms with Gasteiger partial charge in [-0.3, -0.25) is 9.59 Å². The lowest BCUT2D eigenvalue weighted by atomic mass is 9.75. The van der Waals surface area contributed by atoms with Gasteiger partial charge in [0.15, 0.2) is 24.0 Å². The minimum absolute atomic E-state index is 0.156. The summed E-state index contributed by atoms with van der Waals surface area (Å²) in [6.45, 7) is 17.9. The molecule has 0 radical (unpaired) electrons. The maximum Gasteiger partial charge on any atom is 0.311 e. The summed E-state index contributed by atoms with van der Waals surface area (Å²) < 4.78 is 44.1. The number of cyclic esters (lactones) is 1. The standard InChI is InChI=1S/C37H65NO12/c1-14-25-37(10)30(40)20(4)28(50-37)18(2)16-35(8,43)32(49-34-27(39)24(38(11)12)15-19(3)45-34)21(5)29(22(6)33(42)47-25)48-26-17-36(9,44-13)31(41)23(7)46-26/h18-29,31-32,34,39,41,43H,14-17H2,1-13H3/t18-,19+,20-,21-,22+,23-,24-,25+,26-,27+,28+,29-,31-,32-,34-,35+,36+,37+/m0/s1. The molecule has 50 heavy (non-hydrogen) atoms. The smallest absolute Gasteiger partial charge is 0.311 e. The van der Waals surface area contributed by atoms with E-state index in [4.69, 9.17) is 33.2 Å². The Labute approximate surface area is 298 Å². The molecular weight excluding hydrogens is 650 g/mol. The van der Waals surface area contributed by atoms with E-state index in [1.807, 2.05) is 53.6 Å². The van der Waals surface area contributed by atoms with E-state index in [0.29, 0.717) is 12.8 Å². The number of rotatable bonds is 7. The Hall–Kier alpha value is -1.26. The number of carbonyl (C=O) groups is 2. The number of carbonyl (C=O) groups excluding carboxylic acids is 2. The maximum atomic E-state index is 14.2. The zero-order valence-electron chi connectivity index (χ0n) is 32.5. The van der Waals surface area contributed by atoms with E-state index >= 15 is 0 Å². The minimum atomic E-state index is -1.59. The summed E-state index contributed by atoms with van der Waals surface area (Å²) in [5, 5.41) is 34.9. The molecule has 4 rings (SSSR count). The van der Waals surface area contributed by atoms with Crippen molar-refractivity contribution in [1.29, 1.82) is 0 Å². The second kappa shape index (κ2) is 15.6. The molecule has 4 fully saturated rings. The molecule has 0 spiro atoms. The quantitative estimate of drug-likeness (QED) is 0.330. The number of ether oxygens (including phenoxy) is 7. The van der Waals surface area contributed by atoms with Crippen LogP contribution in [0.3, 0.4) is 0 Å². The van der Waals surface area contributed by atoms with Crippen molar-refractivity contribution in [2.45, 2.75) is 179 Å². The monoisotopic (exact) mass is 715 g/mol. The summed E-state index contributed by atoms with van der Waals surface area (Å²) in [5.41, 5.74) is -3.97. The number of aliphatic hydroxyl groups excluding tert-OH is 2. The van der Waals surface area contributed by atoms with E-state index < -0.39 is 95.8 Å². The molecule has 4 aliphatic heterocycles. The van der Waals surface area contributed by atoms with Crippen molar-refractivity contribution in [2.75, 3.05) is 21.2 Å². The van der Waals surface area contributed by atoms with Crippen LogP contribution in [-0.2, 0) is 42.7 Å². The van der Waals surface area contributed by atoms with Crippen LogP contribution >= 0.6 is 0 Å². The first-order valence-corrected chi connectivity index (χ1v) is 18.5. The topological polar surface area (TPSA) is 163 Å². The van der Waals surface area contributed by atoms with Gasteiger partial charge in [0, 0.05) is 31.4 Å². The van der Waals surface area contributed by atoms with Crippen molar-refractivity contribution >= 4 is 11.8 Å². The fourth-order valence-electron chi connectivity index (χ4n) is 9.01. The van der Waals surface area contributed by atoms with Gasteiger partial charge in [-0.1, -0.05) is 27.7 Å². The number of methoxy groups -OCH3 is 1. The number of esters is 1. The Bertz CT molecular complexity index is 1190. The number of likely N-dealkylation sites (N-methyl/N-ethyl adjacent to an activating group) is 1. The molecule has 3 N–H and O–H groups in total. The molecule has 4 saturated heterocycles. The van der Waals surface area contributed by atoms with Crippen LogP contribution in [0.5, 0.6) is 0 Å². The molecule has 0 unspecified atom stereocenters. The summed E-state index contributed by atoms with van der Waals surface area (Å²) in [5.74, 6) is -3.25. The number of hydrogen-bond acceptors (Lipinski definition) is 13. The molecule has 18 atom stereocenters. The molecule has 0 aliphatic carbocycles. The highest BCUT2D eigenvalue weighted by Crippen LogP contribution is 2.45. The Morgan fingerprint density at radius 2 is 1.58 bits per heavy atom. The van der Waals surface area contributed by atoms with Crippen LogP contribution in [0.4, 0.5) is 0 Å². The number of nitrogens with zero attached hydrogens (tertiary/aromatic N) is 1. The Morgan fingerprint density at radius 1 is 0.940 bits per heavy atom. The summed E-state index contributed by atoms with van der Waals surface area (Å²) in [4.78, 5) is 29.9. The van der Waals surface area contributed by atoms with Crippen molar-refractivity contribution in [1.82, 2.24) is 4.90 Å². The second-order valence-corrected chi connectivity index (χ2v) is 16.5. The SMILES string of the molecule is CC[C@H]1OC(=O)[C@H](C)[C@@H](O[C@H]2C[C@@](C)(OC)[C@@H](O)[C@H](C)O2)[C@H](C)[C@H](O[C@@H]2O[C@H](C)C[C@H](N(C)C)[C@H]2O)[C@](C)(O)C[C@H](C)[C@H]2O[C@@]1(C)C(=O)[C@H]2C. The molecule has 4 heterocycles. The first-order valence-electron chi connectivity index (χ1n) is 18.5. The van der Waals surface area contributed by atoms with Crippen molar-refractivity contribution < 1.29 is 58.1 Å². The van der Waals surface area contributed by atoms with E-state index in [1.54, 1.807) is 34.6 Å². The number of fused-ring (bicyclic) bond motifs is 2. The fraction of sp³-hybridized carbons (Fsp3) is 0.946. The maximum absolute atomic E-state index is 14.2. The van der Waals surface area contributed by atoms with Gasteiger partial charge < -0.3 is 53.4 Å². The van der Waals surface area contributed by atoms with Gasteiger partial charge in [0.2, 0.25) is 0 Å². The molecule has 4 aliphatic rings. The van der Waals surface area contributed by atoms with Gasteiger partial charge in [0.25, 0.3) is 0 Å². The van der Waals surface area contributed by atoms with Crippen molar-refractivity contribution in [3.05, 3.63) is 0 Å². The number of hydrogen-bond donors (Lipinski definition) is 3. The third-order valence-corrected chi connectivity index (χ3v) is 12.1. The molecule has 0 aromatic carbocycles. The summed E-state index contributed by atoms with van der Waals surface area (Å²) in [6.07, 6.45) is -7.07. The molecule has 13 nitrogen and oxygen atoms in total.